The van der Waals surface area contributed by atoms with Crippen LogP contribution in [0.15, 0.2) is 42.5 Å². The number of nitrogens with one attached hydrogen (secondary N) is 1. The summed E-state index contributed by atoms with van der Waals surface area (Å²) in [7, 11) is 0. The number of anilines is 1. The summed E-state index contributed by atoms with van der Waals surface area (Å²) < 4.78 is 60.4. The van der Waals surface area contributed by atoms with E-state index in [0.29, 0.717) is 10.6 Å². The fourth-order valence-corrected chi connectivity index (χ4v) is 3.56. The average molecular weight is 502 g/mol. The first-order chi connectivity index (χ1) is 15.6. The summed E-state index contributed by atoms with van der Waals surface area (Å²) in [6, 6.07) is 9.32. The molecule has 0 bridgehead atoms. The SMILES string of the molecule is CC(CC(=O)OC(C)(C)C)c1ccc(F)c(NC(=O)C(c2ccc(Cl)cc2)C(C)C(F)(F)F)c1. The van der Waals surface area contributed by atoms with Crippen molar-refractivity contribution in [2.45, 2.75) is 64.7 Å². The molecule has 3 unspecified atom stereocenters. The first kappa shape index (κ1) is 27.6. The molecule has 4 nitrogen and oxygen atoms in total. The van der Waals surface area contributed by atoms with Crippen molar-refractivity contribution in [1.82, 2.24) is 0 Å². The van der Waals surface area contributed by atoms with E-state index >= 15 is 0 Å². The van der Waals surface area contributed by atoms with Gasteiger partial charge in [-0.05, 0) is 62.1 Å². The number of esters is 1. The van der Waals surface area contributed by atoms with Gasteiger partial charge in [0.25, 0.3) is 0 Å². The van der Waals surface area contributed by atoms with Gasteiger partial charge in [-0.3, -0.25) is 9.59 Å². The van der Waals surface area contributed by atoms with Gasteiger partial charge in [0.15, 0.2) is 0 Å². The summed E-state index contributed by atoms with van der Waals surface area (Å²) in [4.78, 5) is 25.1. The maximum atomic E-state index is 14.5. The van der Waals surface area contributed by atoms with Crippen LogP contribution in [0.25, 0.3) is 0 Å². The van der Waals surface area contributed by atoms with Crippen LogP contribution < -0.4 is 5.32 Å². The molecule has 0 spiro atoms. The number of benzene rings is 2. The Morgan fingerprint density at radius 2 is 1.56 bits per heavy atom. The zero-order valence-corrected chi connectivity index (χ0v) is 20.4. The number of carbonyl (C=O) groups excluding carboxylic acids is 2. The van der Waals surface area contributed by atoms with Crippen LogP contribution in [0.4, 0.5) is 23.2 Å². The highest BCUT2D eigenvalue weighted by Crippen LogP contribution is 2.38. The summed E-state index contributed by atoms with van der Waals surface area (Å²) in [5.74, 6) is -6.31. The van der Waals surface area contributed by atoms with Crippen molar-refractivity contribution in [3.63, 3.8) is 0 Å². The lowest BCUT2D eigenvalue weighted by Gasteiger charge is -2.26. The van der Waals surface area contributed by atoms with E-state index in [-0.39, 0.29) is 23.6 Å². The van der Waals surface area contributed by atoms with Crippen LogP contribution in [0.1, 0.15) is 64.0 Å². The van der Waals surface area contributed by atoms with E-state index in [2.05, 4.69) is 5.32 Å². The van der Waals surface area contributed by atoms with E-state index in [1.54, 1.807) is 27.7 Å². The molecular weight excluding hydrogens is 474 g/mol. The molecule has 0 saturated heterocycles. The largest absolute Gasteiger partial charge is 0.460 e. The summed E-state index contributed by atoms with van der Waals surface area (Å²) in [6.45, 7) is 7.83. The summed E-state index contributed by atoms with van der Waals surface area (Å²) in [6.07, 6.45) is -4.65. The molecule has 0 aliphatic rings. The quantitative estimate of drug-likeness (QED) is 0.321. The monoisotopic (exact) mass is 501 g/mol. The molecule has 0 saturated carbocycles. The maximum Gasteiger partial charge on any atom is 0.392 e. The van der Waals surface area contributed by atoms with Crippen molar-refractivity contribution in [1.29, 1.82) is 0 Å². The first-order valence-electron chi connectivity index (χ1n) is 10.7. The second-order valence-electron chi connectivity index (χ2n) is 9.28. The molecule has 2 rings (SSSR count). The minimum atomic E-state index is -4.66. The van der Waals surface area contributed by atoms with Crippen LogP contribution in [0.5, 0.6) is 0 Å². The standard InChI is InChI=1S/C25H28ClF4NO3/c1-14(12-21(32)34-24(3,4)5)17-8-11-19(27)20(13-17)31-23(33)22(15(2)25(28,29)30)16-6-9-18(26)10-7-16/h6-11,13-15,22H,12H2,1-5H3,(H,31,33). The highest BCUT2D eigenvalue weighted by atomic mass is 35.5. The van der Waals surface area contributed by atoms with E-state index in [0.717, 1.165) is 13.0 Å². The molecule has 0 fully saturated rings. The first-order valence-corrected chi connectivity index (χ1v) is 11.1. The Hall–Kier alpha value is -2.61. The Morgan fingerprint density at radius 1 is 1.00 bits per heavy atom. The van der Waals surface area contributed by atoms with E-state index in [1.165, 1.54) is 36.4 Å². The van der Waals surface area contributed by atoms with Crippen molar-refractivity contribution in [3.8, 4) is 0 Å². The molecule has 0 aromatic heterocycles. The number of hydrogen-bond donors (Lipinski definition) is 1. The van der Waals surface area contributed by atoms with Gasteiger partial charge >= 0.3 is 12.1 Å². The predicted octanol–water partition coefficient (Wildman–Crippen LogP) is 7.24. The molecule has 186 valence electrons. The van der Waals surface area contributed by atoms with Crippen LogP contribution in [0.3, 0.4) is 0 Å². The zero-order chi connectivity index (χ0) is 25.8. The fourth-order valence-electron chi connectivity index (χ4n) is 3.43. The molecule has 1 amide bonds. The van der Waals surface area contributed by atoms with E-state index < -0.39 is 41.3 Å². The lowest BCUT2D eigenvalue weighted by Crippen LogP contribution is -2.34. The van der Waals surface area contributed by atoms with Crippen LogP contribution in [0.2, 0.25) is 5.02 Å². The minimum absolute atomic E-state index is 0.00873. The van der Waals surface area contributed by atoms with Crippen LogP contribution in [-0.2, 0) is 14.3 Å². The summed E-state index contributed by atoms with van der Waals surface area (Å²) in [5, 5.41) is 2.61. The molecule has 0 radical (unpaired) electrons. The van der Waals surface area contributed by atoms with Gasteiger partial charge in [-0.25, -0.2) is 4.39 Å². The zero-order valence-electron chi connectivity index (χ0n) is 19.6. The smallest absolute Gasteiger partial charge is 0.392 e. The van der Waals surface area contributed by atoms with Gasteiger partial charge < -0.3 is 10.1 Å². The maximum absolute atomic E-state index is 14.5. The fraction of sp³-hybridized carbons (Fsp3) is 0.440. The number of alkyl halides is 3. The topological polar surface area (TPSA) is 55.4 Å². The Balaban J connectivity index is 2.30. The number of carbonyl (C=O) groups is 2. The summed E-state index contributed by atoms with van der Waals surface area (Å²) in [5.41, 5.74) is -0.312. The second-order valence-corrected chi connectivity index (χ2v) is 9.72. The normalized spacial score (nSPS) is 14.8. The molecule has 34 heavy (non-hydrogen) atoms. The van der Waals surface area contributed by atoms with Gasteiger partial charge in [-0.1, -0.05) is 43.6 Å². The molecule has 1 N–H and O–H groups in total. The molecule has 0 heterocycles. The van der Waals surface area contributed by atoms with Gasteiger partial charge in [-0.2, -0.15) is 13.2 Å². The molecule has 0 aliphatic carbocycles. The molecule has 2 aromatic carbocycles. The number of ether oxygens (including phenoxy) is 1. The minimum Gasteiger partial charge on any atom is -0.460 e. The van der Waals surface area contributed by atoms with Crippen LogP contribution >= 0.6 is 11.6 Å². The highest BCUT2D eigenvalue weighted by Gasteiger charge is 2.45. The Morgan fingerprint density at radius 3 is 2.09 bits per heavy atom. The van der Waals surface area contributed by atoms with Crippen LogP contribution in [0, 0.1) is 11.7 Å². The average Bonchev–Trinajstić information content (AvgIpc) is 2.69. The van der Waals surface area contributed by atoms with E-state index in [9.17, 15) is 27.2 Å². The lowest BCUT2D eigenvalue weighted by atomic mass is 9.85. The molecule has 9 heteroatoms. The Kier molecular flexibility index (Phi) is 8.75. The Bertz CT molecular complexity index is 1020. The predicted molar refractivity (Wildman–Crippen MR) is 123 cm³/mol. The van der Waals surface area contributed by atoms with E-state index in [1.807, 2.05) is 0 Å². The molecule has 3 atom stereocenters. The van der Waals surface area contributed by atoms with Crippen molar-refractivity contribution in [3.05, 3.63) is 64.4 Å². The summed E-state index contributed by atoms with van der Waals surface area (Å²) >= 11 is 5.83. The third-order valence-corrected chi connectivity index (χ3v) is 5.49. The van der Waals surface area contributed by atoms with Gasteiger partial charge in [0.2, 0.25) is 5.91 Å². The van der Waals surface area contributed by atoms with Crippen molar-refractivity contribution in [2.24, 2.45) is 5.92 Å². The van der Waals surface area contributed by atoms with Crippen molar-refractivity contribution >= 4 is 29.2 Å². The van der Waals surface area contributed by atoms with E-state index in [4.69, 9.17) is 16.3 Å². The molecule has 2 aromatic rings. The van der Waals surface area contributed by atoms with Crippen molar-refractivity contribution < 1.29 is 31.9 Å². The Labute approximate surface area is 201 Å². The number of halogens is 5. The third-order valence-electron chi connectivity index (χ3n) is 5.24. The molecular formula is C25H28ClF4NO3. The van der Waals surface area contributed by atoms with Gasteiger partial charge in [0.1, 0.15) is 11.4 Å². The number of rotatable bonds is 7. The van der Waals surface area contributed by atoms with Gasteiger partial charge in [-0.15, -0.1) is 0 Å². The lowest BCUT2D eigenvalue weighted by molar-refractivity contribution is -0.178. The van der Waals surface area contributed by atoms with Crippen molar-refractivity contribution in [2.75, 3.05) is 5.32 Å². The van der Waals surface area contributed by atoms with Gasteiger partial charge in [0.05, 0.1) is 23.9 Å². The second kappa shape index (κ2) is 10.8. The third kappa shape index (κ3) is 7.72. The number of amides is 1. The van der Waals surface area contributed by atoms with Crippen LogP contribution in [-0.4, -0.2) is 23.7 Å². The number of hydrogen-bond acceptors (Lipinski definition) is 3. The molecule has 0 aliphatic heterocycles. The van der Waals surface area contributed by atoms with Gasteiger partial charge in [0, 0.05) is 5.02 Å². The highest BCUT2D eigenvalue weighted by molar-refractivity contribution is 6.30.